The van der Waals surface area contributed by atoms with Gasteiger partial charge in [0.15, 0.2) is 0 Å². The Morgan fingerprint density at radius 2 is 1.78 bits per heavy atom. The second kappa shape index (κ2) is 6.62. The van der Waals surface area contributed by atoms with Crippen LogP contribution in [-0.2, 0) is 0 Å². The van der Waals surface area contributed by atoms with Crippen LogP contribution in [0.2, 0.25) is 0 Å². The Bertz CT molecular complexity index is 355. The topological polar surface area (TPSA) is 37.0 Å². The van der Waals surface area contributed by atoms with E-state index in [0.717, 1.165) is 31.1 Å². The molecular formula is C15H27N3. The minimum Gasteiger partial charge on any atom is -0.370 e. The first-order valence-corrected chi connectivity index (χ1v) is 6.88. The highest BCUT2D eigenvalue weighted by Crippen LogP contribution is 2.25. The monoisotopic (exact) mass is 249 g/mol. The fourth-order valence-electron chi connectivity index (χ4n) is 1.45. The molecule has 0 radical (unpaired) electrons. The van der Waals surface area contributed by atoms with Gasteiger partial charge in [0, 0.05) is 13.1 Å². The molecule has 0 aliphatic rings. The van der Waals surface area contributed by atoms with E-state index in [-0.39, 0.29) is 0 Å². The molecule has 0 amide bonds. The van der Waals surface area contributed by atoms with E-state index in [1.54, 1.807) is 0 Å². The molecule has 1 atom stereocenters. The molecule has 1 unspecified atom stereocenters. The van der Waals surface area contributed by atoms with E-state index < -0.39 is 0 Å². The molecular weight excluding hydrogens is 222 g/mol. The van der Waals surface area contributed by atoms with Gasteiger partial charge >= 0.3 is 0 Å². The number of nitrogens with zero attached hydrogens (tertiary/aromatic N) is 1. The third-order valence-corrected chi connectivity index (χ3v) is 3.37. The van der Waals surface area contributed by atoms with Crippen LogP contribution in [-0.4, -0.2) is 18.1 Å². The SMILES string of the molecule is CCCNc1cccc(NCC(C)C(C)(C)C)n1. The smallest absolute Gasteiger partial charge is 0.128 e. The van der Waals surface area contributed by atoms with Gasteiger partial charge in [0.05, 0.1) is 0 Å². The lowest BCUT2D eigenvalue weighted by molar-refractivity contribution is 0.274. The number of hydrogen-bond donors (Lipinski definition) is 2. The summed E-state index contributed by atoms with van der Waals surface area (Å²) in [5.41, 5.74) is 0.324. The molecule has 3 heteroatoms. The maximum atomic E-state index is 4.54. The molecule has 0 aromatic carbocycles. The van der Waals surface area contributed by atoms with Crippen LogP contribution in [0.25, 0.3) is 0 Å². The predicted molar refractivity (Wildman–Crippen MR) is 80.1 cm³/mol. The van der Waals surface area contributed by atoms with Gasteiger partial charge < -0.3 is 10.6 Å². The fourth-order valence-corrected chi connectivity index (χ4v) is 1.45. The summed E-state index contributed by atoms with van der Waals surface area (Å²) in [7, 11) is 0. The van der Waals surface area contributed by atoms with E-state index in [0.29, 0.717) is 11.3 Å². The Hall–Kier alpha value is -1.25. The lowest BCUT2D eigenvalue weighted by Crippen LogP contribution is -2.25. The highest BCUT2D eigenvalue weighted by atomic mass is 15.1. The highest BCUT2D eigenvalue weighted by Gasteiger charge is 2.19. The van der Waals surface area contributed by atoms with Crippen molar-refractivity contribution in [2.45, 2.75) is 41.0 Å². The van der Waals surface area contributed by atoms with Gasteiger partial charge in [-0.25, -0.2) is 4.98 Å². The second-order valence-electron chi connectivity index (χ2n) is 5.98. The third kappa shape index (κ3) is 4.94. The van der Waals surface area contributed by atoms with E-state index in [1.807, 2.05) is 18.2 Å². The van der Waals surface area contributed by atoms with Crippen molar-refractivity contribution < 1.29 is 0 Å². The fraction of sp³-hybridized carbons (Fsp3) is 0.667. The number of pyridine rings is 1. The zero-order valence-corrected chi connectivity index (χ0v) is 12.4. The minimum absolute atomic E-state index is 0.324. The molecule has 0 saturated carbocycles. The lowest BCUT2D eigenvalue weighted by Gasteiger charge is -2.27. The molecule has 102 valence electrons. The van der Waals surface area contributed by atoms with Crippen molar-refractivity contribution in [3.05, 3.63) is 18.2 Å². The maximum Gasteiger partial charge on any atom is 0.128 e. The zero-order chi connectivity index (χ0) is 13.6. The molecule has 1 aromatic rings. The van der Waals surface area contributed by atoms with E-state index in [2.05, 4.69) is 50.2 Å². The van der Waals surface area contributed by atoms with Gasteiger partial charge in [-0.15, -0.1) is 0 Å². The second-order valence-corrected chi connectivity index (χ2v) is 5.98. The zero-order valence-electron chi connectivity index (χ0n) is 12.4. The largest absolute Gasteiger partial charge is 0.370 e. The first kappa shape index (κ1) is 14.8. The number of anilines is 2. The van der Waals surface area contributed by atoms with E-state index in [9.17, 15) is 0 Å². The van der Waals surface area contributed by atoms with Gasteiger partial charge in [-0.2, -0.15) is 0 Å². The Kier molecular flexibility index (Phi) is 5.45. The van der Waals surface area contributed by atoms with Crippen molar-refractivity contribution in [1.29, 1.82) is 0 Å². The predicted octanol–water partition coefficient (Wildman–Crippen LogP) is 4.00. The lowest BCUT2D eigenvalue weighted by atomic mass is 9.82. The third-order valence-electron chi connectivity index (χ3n) is 3.37. The number of nitrogens with one attached hydrogen (secondary N) is 2. The van der Waals surface area contributed by atoms with Crippen molar-refractivity contribution in [2.75, 3.05) is 23.7 Å². The molecule has 0 spiro atoms. The highest BCUT2D eigenvalue weighted by molar-refractivity contribution is 5.45. The van der Waals surface area contributed by atoms with Crippen LogP contribution in [0.1, 0.15) is 41.0 Å². The average Bonchev–Trinajstić information content (AvgIpc) is 2.32. The summed E-state index contributed by atoms with van der Waals surface area (Å²) >= 11 is 0. The quantitative estimate of drug-likeness (QED) is 0.800. The molecule has 1 heterocycles. The number of hydrogen-bond acceptors (Lipinski definition) is 3. The number of rotatable bonds is 6. The van der Waals surface area contributed by atoms with Crippen LogP contribution < -0.4 is 10.6 Å². The molecule has 0 saturated heterocycles. The van der Waals surface area contributed by atoms with Crippen molar-refractivity contribution >= 4 is 11.6 Å². The molecule has 1 aromatic heterocycles. The first-order valence-electron chi connectivity index (χ1n) is 6.88. The van der Waals surface area contributed by atoms with Gasteiger partial charge in [-0.05, 0) is 29.9 Å². The Balaban J connectivity index is 2.52. The van der Waals surface area contributed by atoms with E-state index in [4.69, 9.17) is 0 Å². The molecule has 0 bridgehead atoms. The molecule has 0 aliphatic carbocycles. The normalized spacial score (nSPS) is 13.2. The van der Waals surface area contributed by atoms with Crippen LogP contribution >= 0.6 is 0 Å². The maximum absolute atomic E-state index is 4.54. The van der Waals surface area contributed by atoms with Crippen LogP contribution in [0, 0.1) is 11.3 Å². The van der Waals surface area contributed by atoms with Gasteiger partial charge in [0.1, 0.15) is 11.6 Å². The summed E-state index contributed by atoms with van der Waals surface area (Å²) in [6, 6.07) is 6.07. The van der Waals surface area contributed by atoms with E-state index >= 15 is 0 Å². The average molecular weight is 249 g/mol. The van der Waals surface area contributed by atoms with Gasteiger partial charge in [0.2, 0.25) is 0 Å². The summed E-state index contributed by atoms with van der Waals surface area (Å²) in [5, 5.41) is 6.72. The van der Waals surface area contributed by atoms with Crippen LogP contribution in [0.15, 0.2) is 18.2 Å². The van der Waals surface area contributed by atoms with Crippen LogP contribution in [0.4, 0.5) is 11.6 Å². The molecule has 0 fully saturated rings. The summed E-state index contributed by atoms with van der Waals surface area (Å²) < 4.78 is 0. The van der Waals surface area contributed by atoms with E-state index in [1.165, 1.54) is 0 Å². The Labute approximate surface area is 111 Å². The molecule has 3 nitrogen and oxygen atoms in total. The minimum atomic E-state index is 0.324. The van der Waals surface area contributed by atoms with Crippen LogP contribution in [0.3, 0.4) is 0 Å². The summed E-state index contributed by atoms with van der Waals surface area (Å²) in [6.07, 6.45) is 1.11. The molecule has 1 rings (SSSR count). The summed E-state index contributed by atoms with van der Waals surface area (Å²) in [5.74, 6) is 2.50. The standard InChI is InChI=1S/C15H27N3/c1-6-10-16-13-8-7-9-14(18-13)17-11-12(2)15(3,4)5/h7-9,12H,6,10-11H2,1-5H3,(H2,16,17,18). The molecule has 2 N–H and O–H groups in total. The van der Waals surface area contributed by atoms with Crippen molar-refractivity contribution in [2.24, 2.45) is 11.3 Å². The van der Waals surface area contributed by atoms with Crippen molar-refractivity contribution in [3.63, 3.8) is 0 Å². The Morgan fingerprint density at radius 1 is 1.17 bits per heavy atom. The van der Waals surface area contributed by atoms with Crippen molar-refractivity contribution in [3.8, 4) is 0 Å². The van der Waals surface area contributed by atoms with Crippen LogP contribution in [0.5, 0.6) is 0 Å². The summed E-state index contributed by atoms with van der Waals surface area (Å²) in [6.45, 7) is 13.2. The summed E-state index contributed by atoms with van der Waals surface area (Å²) in [4.78, 5) is 4.54. The van der Waals surface area contributed by atoms with Gasteiger partial charge in [-0.1, -0.05) is 40.7 Å². The van der Waals surface area contributed by atoms with Gasteiger partial charge in [-0.3, -0.25) is 0 Å². The number of aromatic nitrogens is 1. The molecule has 0 aliphatic heterocycles. The van der Waals surface area contributed by atoms with Crippen molar-refractivity contribution in [1.82, 2.24) is 4.98 Å². The Morgan fingerprint density at radius 3 is 2.33 bits per heavy atom. The first-order chi connectivity index (χ1) is 8.43. The molecule has 18 heavy (non-hydrogen) atoms. The van der Waals surface area contributed by atoms with Gasteiger partial charge in [0.25, 0.3) is 0 Å².